The Bertz CT molecular complexity index is 631. The van der Waals surface area contributed by atoms with Gasteiger partial charge in [-0.25, -0.2) is 4.79 Å². The predicted octanol–water partition coefficient (Wildman–Crippen LogP) is 2.29. The second-order valence-corrected chi connectivity index (χ2v) is 6.77. The Morgan fingerprint density at radius 2 is 2.09 bits per heavy atom. The van der Waals surface area contributed by atoms with Crippen molar-refractivity contribution in [1.82, 2.24) is 10.2 Å². The second-order valence-electron chi connectivity index (χ2n) is 6.33. The summed E-state index contributed by atoms with van der Waals surface area (Å²) < 4.78 is 0. The summed E-state index contributed by atoms with van der Waals surface area (Å²) in [7, 11) is 3.80. The van der Waals surface area contributed by atoms with Crippen LogP contribution in [0.15, 0.2) is 18.2 Å². The number of halogens is 1. The van der Waals surface area contributed by atoms with Gasteiger partial charge >= 0.3 is 6.03 Å². The number of benzene rings is 1. The Hall–Kier alpha value is -1.95. The Morgan fingerprint density at radius 3 is 2.74 bits per heavy atom. The zero-order valence-electron chi connectivity index (χ0n) is 13.3. The van der Waals surface area contributed by atoms with Crippen molar-refractivity contribution in [3.63, 3.8) is 0 Å². The standard InChI is InChI=1S/C16H21ClN4O2/c1-20(2)14-6-3-10(17)7-13(14)19-16(23)18-11-8-15(22)21(9-11)12-4-5-12/h3,6-7,11-12H,4-5,8-9H2,1-2H3,(H2,18,19,23)/t11-/m0/s1. The molecule has 1 saturated carbocycles. The highest BCUT2D eigenvalue weighted by Crippen LogP contribution is 2.31. The molecule has 1 aliphatic heterocycles. The highest BCUT2D eigenvalue weighted by Gasteiger charge is 2.39. The van der Waals surface area contributed by atoms with E-state index in [4.69, 9.17) is 11.6 Å². The summed E-state index contributed by atoms with van der Waals surface area (Å²) in [6.45, 7) is 0.604. The fraction of sp³-hybridized carbons (Fsp3) is 0.500. The summed E-state index contributed by atoms with van der Waals surface area (Å²) in [5.41, 5.74) is 1.51. The van der Waals surface area contributed by atoms with Crippen LogP contribution in [0.25, 0.3) is 0 Å². The third-order valence-corrected chi connectivity index (χ3v) is 4.41. The van der Waals surface area contributed by atoms with Gasteiger partial charge in [0, 0.05) is 38.1 Å². The lowest BCUT2D eigenvalue weighted by Gasteiger charge is -2.20. The van der Waals surface area contributed by atoms with E-state index in [1.165, 1.54) is 0 Å². The maximum atomic E-state index is 12.2. The quantitative estimate of drug-likeness (QED) is 0.886. The first kappa shape index (κ1) is 15.9. The SMILES string of the molecule is CN(C)c1ccc(Cl)cc1NC(=O)N[C@H]1CC(=O)N(C2CC2)C1. The van der Waals surface area contributed by atoms with E-state index in [0.29, 0.717) is 29.7 Å². The summed E-state index contributed by atoms with van der Waals surface area (Å²) in [4.78, 5) is 28.0. The van der Waals surface area contributed by atoms with Gasteiger partial charge < -0.3 is 20.4 Å². The summed E-state index contributed by atoms with van der Waals surface area (Å²) >= 11 is 6.01. The van der Waals surface area contributed by atoms with Gasteiger partial charge in [0.05, 0.1) is 17.4 Å². The van der Waals surface area contributed by atoms with Crippen molar-refractivity contribution in [2.45, 2.75) is 31.3 Å². The van der Waals surface area contributed by atoms with Gasteiger partial charge in [0.25, 0.3) is 0 Å². The predicted molar refractivity (Wildman–Crippen MR) is 91.1 cm³/mol. The highest BCUT2D eigenvalue weighted by atomic mass is 35.5. The molecular weight excluding hydrogens is 316 g/mol. The van der Waals surface area contributed by atoms with E-state index in [1.807, 2.05) is 30.0 Å². The number of carbonyl (C=O) groups is 2. The topological polar surface area (TPSA) is 64.7 Å². The lowest BCUT2D eigenvalue weighted by molar-refractivity contribution is -0.128. The molecule has 1 aromatic rings. The fourth-order valence-electron chi connectivity index (χ4n) is 2.91. The van der Waals surface area contributed by atoms with E-state index in [9.17, 15) is 9.59 Å². The molecule has 3 amide bonds. The molecule has 0 aromatic heterocycles. The van der Waals surface area contributed by atoms with Crippen molar-refractivity contribution in [3.05, 3.63) is 23.2 Å². The molecule has 124 valence electrons. The number of nitrogens with one attached hydrogen (secondary N) is 2. The first-order valence-corrected chi connectivity index (χ1v) is 8.15. The summed E-state index contributed by atoms with van der Waals surface area (Å²) in [6, 6.07) is 5.29. The van der Waals surface area contributed by atoms with Crippen LogP contribution in [-0.4, -0.2) is 49.6 Å². The zero-order valence-corrected chi connectivity index (χ0v) is 14.1. The first-order valence-electron chi connectivity index (χ1n) is 7.78. The number of amides is 3. The minimum Gasteiger partial charge on any atom is -0.376 e. The third-order valence-electron chi connectivity index (χ3n) is 4.17. The largest absolute Gasteiger partial charge is 0.376 e. The molecule has 0 bridgehead atoms. The van der Waals surface area contributed by atoms with Gasteiger partial charge in [0.1, 0.15) is 0 Å². The molecule has 0 unspecified atom stereocenters. The Balaban J connectivity index is 1.61. The first-order chi connectivity index (χ1) is 10.9. The van der Waals surface area contributed by atoms with Crippen LogP contribution in [0.5, 0.6) is 0 Å². The molecule has 23 heavy (non-hydrogen) atoms. The molecular formula is C16H21ClN4O2. The van der Waals surface area contributed by atoms with Crippen LogP contribution >= 0.6 is 11.6 Å². The van der Waals surface area contributed by atoms with Crippen molar-refractivity contribution in [2.75, 3.05) is 30.9 Å². The zero-order chi connectivity index (χ0) is 16.6. The van der Waals surface area contributed by atoms with Gasteiger partial charge in [0.15, 0.2) is 0 Å². The monoisotopic (exact) mass is 336 g/mol. The molecule has 7 heteroatoms. The smallest absolute Gasteiger partial charge is 0.319 e. The van der Waals surface area contributed by atoms with Crippen molar-refractivity contribution in [2.24, 2.45) is 0 Å². The molecule has 2 fully saturated rings. The number of rotatable bonds is 4. The van der Waals surface area contributed by atoms with E-state index in [-0.39, 0.29) is 18.0 Å². The molecule has 2 aliphatic rings. The molecule has 1 aromatic carbocycles. The van der Waals surface area contributed by atoms with Crippen LogP contribution in [0.1, 0.15) is 19.3 Å². The van der Waals surface area contributed by atoms with Gasteiger partial charge in [-0.15, -0.1) is 0 Å². The minimum absolute atomic E-state index is 0.134. The van der Waals surface area contributed by atoms with E-state index < -0.39 is 0 Å². The summed E-state index contributed by atoms with van der Waals surface area (Å²) in [5.74, 6) is 0.134. The minimum atomic E-state index is -0.314. The maximum Gasteiger partial charge on any atom is 0.319 e. The summed E-state index contributed by atoms with van der Waals surface area (Å²) in [5, 5.41) is 6.27. The average molecular weight is 337 g/mol. The number of hydrogen-bond donors (Lipinski definition) is 2. The molecule has 2 N–H and O–H groups in total. The van der Waals surface area contributed by atoms with Crippen LogP contribution in [0.3, 0.4) is 0 Å². The van der Waals surface area contributed by atoms with Crippen molar-refractivity contribution in [1.29, 1.82) is 0 Å². The Morgan fingerprint density at radius 1 is 1.35 bits per heavy atom. The fourth-order valence-corrected chi connectivity index (χ4v) is 3.08. The number of likely N-dealkylation sites (tertiary alicyclic amines) is 1. The van der Waals surface area contributed by atoms with Gasteiger partial charge in [-0.05, 0) is 31.0 Å². The van der Waals surface area contributed by atoms with Crippen LogP contribution in [0.4, 0.5) is 16.2 Å². The van der Waals surface area contributed by atoms with Crippen LogP contribution in [0, 0.1) is 0 Å². The molecule has 1 atom stereocenters. The lowest BCUT2D eigenvalue weighted by Crippen LogP contribution is -2.40. The average Bonchev–Trinajstić information content (AvgIpc) is 3.23. The number of nitrogens with zero attached hydrogens (tertiary/aromatic N) is 2. The number of anilines is 2. The normalized spacial score (nSPS) is 20.6. The summed E-state index contributed by atoms with van der Waals surface area (Å²) in [6.07, 6.45) is 2.54. The molecule has 1 saturated heterocycles. The van der Waals surface area contributed by atoms with E-state index >= 15 is 0 Å². The van der Waals surface area contributed by atoms with Crippen LogP contribution in [-0.2, 0) is 4.79 Å². The highest BCUT2D eigenvalue weighted by molar-refractivity contribution is 6.31. The van der Waals surface area contributed by atoms with Gasteiger partial charge in [-0.1, -0.05) is 11.6 Å². The molecule has 0 radical (unpaired) electrons. The molecule has 1 heterocycles. The molecule has 6 nitrogen and oxygen atoms in total. The van der Waals surface area contributed by atoms with Crippen molar-refractivity contribution < 1.29 is 9.59 Å². The van der Waals surface area contributed by atoms with Crippen LogP contribution < -0.4 is 15.5 Å². The van der Waals surface area contributed by atoms with Crippen LogP contribution in [0.2, 0.25) is 5.02 Å². The van der Waals surface area contributed by atoms with Gasteiger partial charge in [-0.3, -0.25) is 4.79 Å². The van der Waals surface area contributed by atoms with E-state index in [0.717, 1.165) is 18.5 Å². The van der Waals surface area contributed by atoms with Gasteiger partial charge in [0.2, 0.25) is 5.91 Å². The maximum absolute atomic E-state index is 12.2. The van der Waals surface area contributed by atoms with Gasteiger partial charge in [-0.2, -0.15) is 0 Å². The number of hydrogen-bond acceptors (Lipinski definition) is 3. The lowest BCUT2D eigenvalue weighted by atomic mass is 10.2. The van der Waals surface area contributed by atoms with Crippen molar-refractivity contribution >= 4 is 34.9 Å². The Labute approximate surface area is 140 Å². The molecule has 0 spiro atoms. The van der Waals surface area contributed by atoms with E-state index in [1.54, 1.807) is 12.1 Å². The van der Waals surface area contributed by atoms with E-state index in [2.05, 4.69) is 10.6 Å². The second kappa shape index (κ2) is 6.28. The number of carbonyl (C=O) groups excluding carboxylic acids is 2. The third kappa shape index (κ3) is 3.69. The Kier molecular flexibility index (Phi) is 4.35. The molecule has 1 aliphatic carbocycles. The number of urea groups is 1. The van der Waals surface area contributed by atoms with Crippen molar-refractivity contribution in [3.8, 4) is 0 Å². The molecule has 3 rings (SSSR count).